The van der Waals surface area contributed by atoms with Crippen molar-refractivity contribution in [2.45, 2.75) is 43.8 Å². The third-order valence-corrected chi connectivity index (χ3v) is 10.1. The zero-order valence-corrected chi connectivity index (χ0v) is 29.5. The predicted molar refractivity (Wildman–Crippen MR) is 199 cm³/mol. The van der Waals surface area contributed by atoms with Crippen LogP contribution in [0.4, 0.5) is 4.79 Å². The van der Waals surface area contributed by atoms with Crippen molar-refractivity contribution in [2.24, 2.45) is 5.73 Å². The van der Waals surface area contributed by atoms with Crippen molar-refractivity contribution in [3.05, 3.63) is 108 Å². The number of rotatable bonds is 10. The van der Waals surface area contributed by atoms with Gasteiger partial charge in [0.15, 0.2) is 0 Å². The van der Waals surface area contributed by atoms with Crippen LogP contribution in [0.3, 0.4) is 0 Å². The van der Waals surface area contributed by atoms with E-state index in [-0.39, 0.29) is 36.3 Å². The number of nitrogens with zero attached hydrogens (tertiary/aromatic N) is 4. The SMILES string of the molecule is COC(=O)N[C@@H](C(=O)N1CCC[C@H]1c1ncc(-c2ccc3nc(-c4ccc(C(=O)NC[C@@H]5CCCN5C(=O)CN)cc4)ccc3c2)[nH]1)c1ccccc1. The van der Waals surface area contributed by atoms with Gasteiger partial charge in [-0.25, -0.2) is 14.8 Å². The van der Waals surface area contributed by atoms with Crippen LogP contribution in [-0.4, -0.2) is 87.9 Å². The third kappa shape index (κ3) is 7.61. The van der Waals surface area contributed by atoms with Crippen molar-refractivity contribution in [1.29, 1.82) is 0 Å². The fourth-order valence-corrected chi connectivity index (χ4v) is 7.30. The van der Waals surface area contributed by atoms with Gasteiger partial charge >= 0.3 is 6.09 Å². The monoisotopic (exact) mass is 714 g/mol. The van der Waals surface area contributed by atoms with E-state index < -0.39 is 12.1 Å². The van der Waals surface area contributed by atoms with Gasteiger partial charge in [-0.05, 0) is 61.6 Å². The van der Waals surface area contributed by atoms with E-state index in [1.807, 2.05) is 72.8 Å². The molecule has 2 aliphatic heterocycles. The average Bonchev–Trinajstić information content (AvgIpc) is 4.00. The molecule has 3 atom stereocenters. The highest BCUT2D eigenvalue weighted by Gasteiger charge is 2.37. The lowest BCUT2D eigenvalue weighted by Gasteiger charge is -2.28. The number of aromatic amines is 1. The van der Waals surface area contributed by atoms with Crippen LogP contribution in [0.2, 0.25) is 0 Å². The number of hydrogen-bond acceptors (Lipinski definition) is 8. The number of alkyl carbamates (subject to hydrolysis) is 1. The van der Waals surface area contributed by atoms with Crippen LogP contribution in [0.15, 0.2) is 91.1 Å². The maximum absolute atomic E-state index is 13.9. The number of likely N-dealkylation sites (tertiary alicyclic amines) is 2. The standard InChI is InChI=1S/C40H42N8O5/c1-53-40(52)46-36(26-7-3-2-4-8-26)39(51)48-20-6-10-34(48)37-42-24-33(45-37)29-16-18-32-28(21-29)15-17-31(44-32)25-11-13-27(14-12-25)38(50)43-23-30-9-5-19-47(30)35(49)22-41/h2-4,7-8,11-18,21,24,30,34,36H,5-6,9-10,19-20,22-23,41H2,1H3,(H,42,45)(H,43,50)(H,46,52)/t30-,34-,36+/m0/s1. The molecular formula is C40H42N8O5. The molecule has 0 saturated carbocycles. The van der Waals surface area contributed by atoms with Crippen LogP contribution in [0, 0.1) is 0 Å². The minimum atomic E-state index is -0.886. The Morgan fingerprint density at radius 2 is 1.68 bits per heavy atom. The fourth-order valence-electron chi connectivity index (χ4n) is 7.30. The Balaban J connectivity index is 1.02. The van der Waals surface area contributed by atoms with Gasteiger partial charge in [0.1, 0.15) is 11.9 Å². The van der Waals surface area contributed by atoms with Crippen molar-refractivity contribution in [2.75, 3.05) is 33.3 Å². The zero-order valence-electron chi connectivity index (χ0n) is 29.5. The lowest BCUT2D eigenvalue weighted by Crippen LogP contribution is -2.45. The molecule has 0 bridgehead atoms. The number of carbonyl (C=O) groups excluding carboxylic acids is 4. The summed E-state index contributed by atoms with van der Waals surface area (Å²) in [6, 6.07) is 25.3. The summed E-state index contributed by atoms with van der Waals surface area (Å²) in [5.74, 6) is 0.181. The third-order valence-electron chi connectivity index (χ3n) is 10.1. The molecule has 7 rings (SSSR count). The number of ether oxygens (including phenoxy) is 1. The van der Waals surface area contributed by atoms with E-state index in [1.54, 1.807) is 28.1 Å². The lowest BCUT2D eigenvalue weighted by molar-refractivity contribution is -0.134. The van der Waals surface area contributed by atoms with Gasteiger partial charge < -0.3 is 35.9 Å². The highest BCUT2D eigenvalue weighted by Crippen LogP contribution is 2.34. The number of carbonyl (C=O) groups is 4. The molecule has 0 aliphatic carbocycles. The fraction of sp³-hybridized carbons (Fsp3) is 0.300. The normalized spacial score (nSPS) is 17.5. The molecule has 5 aromatic rings. The van der Waals surface area contributed by atoms with Crippen molar-refractivity contribution in [3.63, 3.8) is 0 Å². The van der Waals surface area contributed by atoms with E-state index >= 15 is 0 Å². The van der Waals surface area contributed by atoms with Gasteiger partial charge in [-0.1, -0.05) is 54.6 Å². The Morgan fingerprint density at radius 1 is 0.925 bits per heavy atom. The van der Waals surface area contributed by atoms with Crippen LogP contribution in [0.25, 0.3) is 33.4 Å². The van der Waals surface area contributed by atoms with Crippen LogP contribution < -0.4 is 16.4 Å². The van der Waals surface area contributed by atoms with E-state index in [0.717, 1.165) is 59.1 Å². The number of fused-ring (bicyclic) bond motifs is 1. The molecule has 2 saturated heterocycles. The maximum atomic E-state index is 13.9. The molecule has 13 nitrogen and oxygen atoms in total. The second-order valence-corrected chi connectivity index (χ2v) is 13.3. The van der Waals surface area contributed by atoms with E-state index in [9.17, 15) is 19.2 Å². The van der Waals surface area contributed by atoms with Crippen molar-refractivity contribution in [3.8, 4) is 22.5 Å². The second-order valence-electron chi connectivity index (χ2n) is 13.3. The highest BCUT2D eigenvalue weighted by molar-refractivity contribution is 5.95. The van der Waals surface area contributed by atoms with Gasteiger partial charge in [-0.2, -0.15) is 0 Å². The number of pyridine rings is 1. The number of nitrogens with one attached hydrogen (secondary N) is 3. The molecule has 53 heavy (non-hydrogen) atoms. The summed E-state index contributed by atoms with van der Waals surface area (Å²) in [5, 5.41) is 6.61. The van der Waals surface area contributed by atoms with Crippen molar-refractivity contribution in [1.82, 2.24) is 35.4 Å². The minimum absolute atomic E-state index is 0.0258. The number of benzene rings is 3. The first kappa shape index (κ1) is 35.3. The molecule has 0 unspecified atom stereocenters. The van der Waals surface area contributed by atoms with E-state index in [0.29, 0.717) is 36.6 Å². The van der Waals surface area contributed by atoms with Crippen LogP contribution in [0.1, 0.15) is 59.5 Å². The molecule has 2 aromatic heterocycles. The Morgan fingerprint density at radius 3 is 2.45 bits per heavy atom. The zero-order chi connectivity index (χ0) is 36.9. The van der Waals surface area contributed by atoms with Gasteiger partial charge in [-0.3, -0.25) is 14.4 Å². The molecule has 5 N–H and O–H groups in total. The number of H-pyrrole nitrogens is 1. The first-order chi connectivity index (χ1) is 25.8. The summed E-state index contributed by atoms with van der Waals surface area (Å²) >= 11 is 0. The molecular weight excluding hydrogens is 672 g/mol. The average molecular weight is 715 g/mol. The Bertz CT molecular complexity index is 2120. The van der Waals surface area contributed by atoms with Gasteiger partial charge in [0, 0.05) is 47.8 Å². The minimum Gasteiger partial charge on any atom is -0.453 e. The first-order valence-corrected chi connectivity index (χ1v) is 17.9. The summed E-state index contributed by atoms with van der Waals surface area (Å²) in [4.78, 5) is 67.6. The van der Waals surface area contributed by atoms with Gasteiger partial charge in [-0.15, -0.1) is 0 Å². The number of imidazole rings is 1. The summed E-state index contributed by atoms with van der Waals surface area (Å²) < 4.78 is 4.81. The van der Waals surface area contributed by atoms with Gasteiger partial charge in [0.05, 0.1) is 42.8 Å². The molecule has 0 radical (unpaired) electrons. The van der Waals surface area contributed by atoms with Crippen LogP contribution in [-0.2, 0) is 14.3 Å². The molecule has 0 spiro atoms. The highest BCUT2D eigenvalue weighted by atomic mass is 16.5. The van der Waals surface area contributed by atoms with Crippen LogP contribution >= 0.6 is 0 Å². The smallest absolute Gasteiger partial charge is 0.407 e. The molecule has 2 aliphatic rings. The molecule has 3 aromatic carbocycles. The summed E-state index contributed by atoms with van der Waals surface area (Å²) in [6.45, 7) is 1.59. The molecule has 13 heteroatoms. The molecule has 272 valence electrons. The Kier molecular flexibility index (Phi) is 10.4. The second kappa shape index (κ2) is 15.7. The number of amides is 4. The first-order valence-electron chi connectivity index (χ1n) is 17.9. The van der Waals surface area contributed by atoms with Gasteiger partial charge in [0.25, 0.3) is 11.8 Å². The lowest BCUT2D eigenvalue weighted by atomic mass is 10.0. The Hall–Kier alpha value is -6.08. The van der Waals surface area contributed by atoms with Crippen LogP contribution in [0.5, 0.6) is 0 Å². The molecule has 2 fully saturated rings. The summed E-state index contributed by atoms with van der Waals surface area (Å²) in [7, 11) is 1.28. The van der Waals surface area contributed by atoms with Crippen molar-refractivity contribution >= 4 is 34.7 Å². The molecule has 4 heterocycles. The number of hydrogen-bond donors (Lipinski definition) is 4. The van der Waals surface area contributed by atoms with Crippen molar-refractivity contribution < 1.29 is 23.9 Å². The van der Waals surface area contributed by atoms with E-state index in [2.05, 4.69) is 20.6 Å². The predicted octanol–water partition coefficient (Wildman–Crippen LogP) is 4.73. The quantitative estimate of drug-likeness (QED) is 0.161. The Labute approximate surface area is 306 Å². The largest absolute Gasteiger partial charge is 0.453 e. The summed E-state index contributed by atoms with van der Waals surface area (Å²) in [6.07, 6.45) is 4.41. The maximum Gasteiger partial charge on any atom is 0.407 e. The van der Waals surface area contributed by atoms with E-state index in [4.69, 9.17) is 15.5 Å². The van der Waals surface area contributed by atoms with E-state index in [1.165, 1.54) is 7.11 Å². The summed E-state index contributed by atoms with van der Waals surface area (Å²) in [5.41, 5.74) is 11.0. The van der Waals surface area contributed by atoms with Gasteiger partial charge in [0.2, 0.25) is 5.91 Å². The number of aromatic nitrogens is 3. The number of methoxy groups -OCH3 is 1. The topological polar surface area (TPSA) is 176 Å². The number of nitrogens with two attached hydrogens (primary N) is 1. The molecule has 4 amide bonds.